The van der Waals surface area contributed by atoms with Crippen LogP contribution < -0.4 is 0 Å². The Hall–Kier alpha value is -1.43. The number of fused-ring (bicyclic) bond motifs is 1. The lowest BCUT2D eigenvalue weighted by Gasteiger charge is -2.38. The lowest BCUT2D eigenvalue weighted by atomic mass is 9.93. The number of aliphatic carboxylic acids is 1. The number of carboxylic acids is 1. The highest BCUT2D eigenvalue weighted by Gasteiger charge is 2.33. The van der Waals surface area contributed by atoms with Crippen molar-refractivity contribution in [2.75, 3.05) is 33.3 Å². The van der Waals surface area contributed by atoms with Crippen LogP contribution in [0.15, 0.2) is 24.3 Å². The minimum absolute atomic E-state index is 0.0934. The van der Waals surface area contributed by atoms with Crippen molar-refractivity contribution in [1.82, 2.24) is 9.80 Å². The number of benzene rings is 1. The second-order valence-corrected chi connectivity index (χ2v) is 6.01. The third kappa shape index (κ3) is 3.26. The van der Waals surface area contributed by atoms with E-state index in [4.69, 9.17) is 4.74 Å². The summed E-state index contributed by atoms with van der Waals surface area (Å²) in [6.45, 7) is 3.90. The van der Waals surface area contributed by atoms with E-state index in [-0.39, 0.29) is 6.10 Å². The fourth-order valence-electron chi connectivity index (χ4n) is 3.25. The first-order valence-corrected chi connectivity index (χ1v) is 7.47. The summed E-state index contributed by atoms with van der Waals surface area (Å²) < 4.78 is 5.79. The summed E-state index contributed by atoms with van der Waals surface area (Å²) in [4.78, 5) is 15.9. The second-order valence-electron chi connectivity index (χ2n) is 6.01. The van der Waals surface area contributed by atoms with Gasteiger partial charge in [0.15, 0.2) is 0 Å². The molecular weight excluding hydrogens is 268 g/mol. The number of carbonyl (C=O) groups is 1. The van der Waals surface area contributed by atoms with Crippen molar-refractivity contribution < 1.29 is 14.6 Å². The Morgan fingerprint density at radius 1 is 1.38 bits per heavy atom. The van der Waals surface area contributed by atoms with Crippen molar-refractivity contribution in [3.63, 3.8) is 0 Å². The number of hydrogen-bond donors (Lipinski definition) is 1. The summed E-state index contributed by atoms with van der Waals surface area (Å²) in [5.41, 5.74) is 2.39. The zero-order valence-electron chi connectivity index (χ0n) is 12.4. The van der Waals surface area contributed by atoms with Gasteiger partial charge in [0.2, 0.25) is 0 Å². The van der Waals surface area contributed by atoms with Gasteiger partial charge >= 0.3 is 5.97 Å². The third-order valence-electron chi connectivity index (χ3n) is 4.41. The number of rotatable bonds is 3. The predicted octanol–water partition coefficient (Wildman–Crippen LogP) is 0.828. The van der Waals surface area contributed by atoms with Crippen molar-refractivity contribution in [3.05, 3.63) is 35.4 Å². The molecule has 1 aromatic carbocycles. The van der Waals surface area contributed by atoms with E-state index in [1.807, 2.05) is 18.2 Å². The molecule has 0 aliphatic carbocycles. The fourth-order valence-corrected chi connectivity index (χ4v) is 3.25. The standard InChI is InChI=1S/C16H22N2O3/c1-17-6-7-21-14(10-17)11-18-9-13-5-3-2-4-12(13)8-15(18)16(19)20/h2-5,14-15H,6-11H2,1H3,(H,19,20)/t14?,15-/m0/s1. The number of nitrogens with zero attached hydrogens (tertiary/aromatic N) is 2. The zero-order chi connectivity index (χ0) is 14.8. The molecule has 2 aliphatic rings. The van der Waals surface area contributed by atoms with Gasteiger partial charge in [0, 0.05) is 26.2 Å². The van der Waals surface area contributed by atoms with Gasteiger partial charge in [0.1, 0.15) is 6.04 Å². The van der Waals surface area contributed by atoms with E-state index in [0.717, 1.165) is 25.3 Å². The van der Waals surface area contributed by atoms with E-state index in [9.17, 15) is 9.90 Å². The maximum Gasteiger partial charge on any atom is 0.321 e. The van der Waals surface area contributed by atoms with Gasteiger partial charge in [-0.3, -0.25) is 9.69 Å². The molecule has 0 amide bonds. The number of ether oxygens (including phenoxy) is 1. The molecule has 1 unspecified atom stereocenters. The smallest absolute Gasteiger partial charge is 0.321 e. The Labute approximate surface area is 125 Å². The summed E-state index contributed by atoms with van der Waals surface area (Å²) in [6, 6.07) is 7.67. The van der Waals surface area contributed by atoms with Crippen LogP contribution in [0, 0.1) is 0 Å². The molecule has 2 aliphatic heterocycles. The van der Waals surface area contributed by atoms with Crippen LogP contribution in [0.5, 0.6) is 0 Å². The summed E-state index contributed by atoms with van der Waals surface area (Å²) in [5, 5.41) is 9.52. The normalized spacial score (nSPS) is 27.3. The highest BCUT2D eigenvalue weighted by molar-refractivity contribution is 5.74. The largest absolute Gasteiger partial charge is 0.480 e. The molecule has 5 heteroatoms. The Morgan fingerprint density at radius 3 is 2.86 bits per heavy atom. The minimum atomic E-state index is -0.742. The van der Waals surface area contributed by atoms with Gasteiger partial charge in [-0.15, -0.1) is 0 Å². The highest BCUT2D eigenvalue weighted by atomic mass is 16.5. The monoisotopic (exact) mass is 290 g/mol. The van der Waals surface area contributed by atoms with Gasteiger partial charge in [-0.25, -0.2) is 0 Å². The lowest BCUT2D eigenvalue weighted by Crippen LogP contribution is -2.52. The number of hydrogen-bond acceptors (Lipinski definition) is 4. The van der Waals surface area contributed by atoms with Gasteiger partial charge in [-0.2, -0.15) is 0 Å². The van der Waals surface area contributed by atoms with E-state index >= 15 is 0 Å². The van der Waals surface area contributed by atoms with E-state index in [2.05, 4.69) is 22.9 Å². The van der Waals surface area contributed by atoms with Crippen LogP contribution >= 0.6 is 0 Å². The summed E-state index contributed by atoms with van der Waals surface area (Å²) in [5.74, 6) is -0.742. The number of likely N-dealkylation sites (N-methyl/N-ethyl adjacent to an activating group) is 1. The number of carboxylic acid groups (broad SMARTS) is 1. The molecule has 3 rings (SSSR count). The Morgan fingerprint density at radius 2 is 2.14 bits per heavy atom. The maximum absolute atomic E-state index is 11.6. The number of morpholine rings is 1. The third-order valence-corrected chi connectivity index (χ3v) is 4.41. The SMILES string of the molecule is CN1CCOC(CN2Cc3ccccc3C[C@H]2C(=O)O)C1. The highest BCUT2D eigenvalue weighted by Crippen LogP contribution is 2.24. The molecule has 1 N–H and O–H groups in total. The van der Waals surface area contributed by atoms with Crippen molar-refractivity contribution in [2.45, 2.75) is 25.1 Å². The molecule has 0 aromatic heterocycles. The molecule has 0 saturated carbocycles. The minimum Gasteiger partial charge on any atom is -0.480 e. The average Bonchev–Trinajstić information content (AvgIpc) is 2.46. The van der Waals surface area contributed by atoms with Crippen molar-refractivity contribution in [2.24, 2.45) is 0 Å². The molecule has 0 bridgehead atoms. The topological polar surface area (TPSA) is 53.0 Å². The quantitative estimate of drug-likeness (QED) is 0.893. The van der Waals surface area contributed by atoms with Crippen LogP contribution in [0.2, 0.25) is 0 Å². The van der Waals surface area contributed by atoms with Gasteiger partial charge in [0.25, 0.3) is 0 Å². The van der Waals surface area contributed by atoms with Gasteiger partial charge in [0.05, 0.1) is 12.7 Å². The van der Waals surface area contributed by atoms with Crippen LogP contribution in [0.1, 0.15) is 11.1 Å². The van der Waals surface area contributed by atoms with E-state index in [0.29, 0.717) is 19.5 Å². The summed E-state index contributed by atoms with van der Waals surface area (Å²) in [6.07, 6.45) is 0.671. The van der Waals surface area contributed by atoms with Crippen LogP contribution in [-0.2, 0) is 22.5 Å². The van der Waals surface area contributed by atoms with Crippen molar-refractivity contribution in [3.8, 4) is 0 Å². The molecular formula is C16H22N2O3. The van der Waals surface area contributed by atoms with Gasteiger partial charge in [-0.1, -0.05) is 24.3 Å². The molecule has 1 fully saturated rings. The molecule has 114 valence electrons. The first-order valence-electron chi connectivity index (χ1n) is 7.47. The average molecular weight is 290 g/mol. The van der Waals surface area contributed by atoms with Crippen LogP contribution in [0.3, 0.4) is 0 Å². The summed E-state index contributed by atoms with van der Waals surface area (Å²) in [7, 11) is 2.08. The Kier molecular flexibility index (Phi) is 4.24. The van der Waals surface area contributed by atoms with Crippen LogP contribution in [0.25, 0.3) is 0 Å². The lowest BCUT2D eigenvalue weighted by molar-refractivity contribution is -0.145. The maximum atomic E-state index is 11.6. The molecule has 21 heavy (non-hydrogen) atoms. The molecule has 0 radical (unpaired) electrons. The van der Waals surface area contributed by atoms with Crippen molar-refractivity contribution >= 4 is 5.97 Å². The Balaban J connectivity index is 1.74. The molecule has 2 atom stereocenters. The van der Waals surface area contributed by atoms with Gasteiger partial charge < -0.3 is 14.7 Å². The second kappa shape index (κ2) is 6.13. The Bertz CT molecular complexity index is 520. The summed E-state index contributed by atoms with van der Waals surface area (Å²) >= 11 is 0. The molecule has 5 nitrogen and oxygen atoms in total. The predicted molar refractivity (Wildman–Crippen MR) is 79.2 cm³/mol. The van der Waals surface area contributed by atoms with Crippen molar-refractivity contribution in [1.29, 1.82) is 0 Å². The van der Waals surface area contributed by atoms with Gasteiger partial charge in [-0.05, 0) is 24.6 Å². The fraction of sp³-hybridized carbons (Fsp3) is 0.562. The van der Waals surface area contributed by atoms with Crippen LogP contribution in [0.4, 0.5) is 0 Å². The molecule has 0 spiro atoms. The first kappa shape index (κ1) is 14.5. The van der Waals surface area contributed by atoms with E-state index < -0.39 is 12.0 Å². The zero-order valence-corrected chi connectivity index (χ0v) is 12.4. The first-order chi connectivity index (χ1) is 10.1. The molecule has 1 saturated heterocycles. The van der Waals surface area contributed by atoms with E-state index in [1.54, 1.807) is 0 Å². The molecule has 2 heterocycles. The van der Waals surface area contributed by atoms with E-state index in [1.165, 1.54) is 5.56 Å². The molecule has 1 aromatic rings. The van der Waals surface area contributed by atoms with Crippen LogP contribution in [-0.4, -0.2) is 66.3 Å².